The van der Waals surface area contributed by atoms with Gasteiger partial charge in [-0.3, -0.25) is 0 Å². The Bertz CT molecular complexity index is 700. The van der Waals surface area contributed by atoms with E-state index in [4.69, 9.17) is 12.2 Å². The van der Waals surface area contributed by atoms with Gasteiger partial charge in [-0.1, -0.05) is 35.9 Å². The van der Waals surface area contributed by atoms with Crippen LogP contribution in [0.25, 0.3) is 0 Å². The van der Waals surface area contributed by atoms with Crippen LogP contribution in [0.2, 0.25) is 0 Å². The van der Waals surface area contributed by atoms with Gasteiger partial charge >= 0.3 is 6.18 Å². The van der Waals surface area contributed by atoms with E-state index in [2.05, 4.69) is 41.8 Å². The molecular formula is C18H19F3N2S2. The number of thioether (sulfide) groups is 1. The lowest BCUT2D eigenvalue weighted by atomic mass is 10.2. The highest BCUT2D eigenvalue weighted by Crippen LogP contribution is 2.30. The first kappa shape index (κ1) is 19.6. The van der Waals surface area contributed by atoms with Gasteiger partial charge < -0.3 is 10.6 Å². The van der Waals surface area contributed by atoms with Crippen molar-refractivity contribution in [1.29, 1.82) is 0 Å². The van der Waals surface area contributed by atoms with E-state index >= 15 is 0 Å². The maximum atomic E-state index is 12.7. The van der Waals surface area contributed by atoms with Crippen LogP contribution in [0, 0.1) is 6.92 Å². The summed E-state index contributed by atoms with van der Waals surface area (Å²) < 4.78 is 38.0. The average molecular weight is 384 g/mol. The molecule has 0 aliphatic carbocycles. The molecule has 2 rings (SSSR count). The molecular weight excluding hydrogens is 365 g/mol. The van der Waals surface area contributed by atoms with Crippen LogP contribution >= 0.6 is 24.0 Å². The Morgan fingerprint density at radius 1 is 1.12 bits per heavy atom. The second-order valence-corrected chi connectivity index (χ2v) is 7.01. The van der Waals surface area contributed by atoms with E-state index in [1.165, 1.54) is 17.2 Å². The van der Waals surface area contributed by atoms with Crippen LogP contribution in [0.1, 0.15) is 16.7 Å². The lowest BCUT2D eigenvalue weighted by Crippen LogP contribution is -2.30. The molecule has 0 aliphatic heterocycles. The third-order valence-electron chi connectivity index (χ3n) is 3.37. The van der Waals surface area contributed by atoms with Gasteiger partial charge in [0.2, 0.25) is 0 Å². The number of nitrogens with one attached hydrogen (secondary N) is 2. The average Bonchev–Trinajstić information content (AvgIpc) is 2.56. The van der Waals surface area contributed by atoms with Crippen molar-refractivity contribution in [3.8, 4) is 0 Å². The Hall–Kier alpha value is -1.73. The molecule has 0 radical (unpaired) electrons. The summed E-state index contributed by atoms with van der Waals surface area (Å²) in [6.45, 7) is 2.69. The fourth-order valence-corrected chi connectivity index (χ4v) is 3.10. The summed E-state index contributed by atoms with van der Waals surface area (Å²) in [5.74, 6) is 1.76. The summed E-state index contributed by atoms with van der Waals surface area (Å²) in [5.41, 5.74) is 2.12. The number of rotatable bonds is 6. The van der Waals surface area contributed by atoms with Crippen molar-refractivity contribution in [2.75, 3.05) is 17.6 Å². The Balaban J connectivity index is 1.69. The minimum atomic E-state index is -4.36. The van der Waals surface area contributed by atoms with Crippen LogP contribution in [0.4, 0.5) is 18.9 Å². The van der Waals surface area contributed by atoms with Crippen molar-refractivity contribution in [3.63, 3.8) is 0 Å². The number of benzene rings is 2. The molecule has 0 aliphatic rings. The van der Waals surface area contributed by atoms with E-state index in [-0.39, 0.29) is 0 Å². The Kier molecular flexibility index (Phi) is 7.13. The number of hydrogen-bond donors (Lipinski definition) is 2. The summed E-state index contributed by atoms with van der Waals surface area (Å²) in [5, 5.41) is 6.10. The van der Waals surface area contributed by atoms with E-state index in [0.29, 0.717) is 17.3 Å². The lowest BCUT2D eigenvalue weighted by molar-refractivity contribution is -0.137. The zero-order valence-corrected chi connectivity index (χ0v) is 15.3. The van der Waals surface area contributed by atoms with Crippen LogP contribution in [-0.4, -0.2) is 17.4 Å². The Morgan fingerprint density at radius 3 is 2.52 bits per heavy atom. The molecule has 25 heavy (non-hydrogen) atoms. The number of anilines is 1. The van der Waals surface area contributed by atoms with Crippen LogP contribution in [0.3, 0.4) is 0 Å². The van der Waals surface area contributed by atoms with Crippen LogP contribution < -0.4 is 10.6 Å². The monoisotopic (exact) mass is 384 g/mol. The predicted molar refractivity (Wildman–Crippen MR) is 103 cm³/mol. The van der Waals surface area contributed by atoms with Crippen LogP contribution in [-0.2, 0) is 11.9 Å². The zero-order valence-electron chi connectivity index (χ0n) is 13.7. The maximum Gasteiger partial charge on any atom is 0.416 e. The molecule has 0 spiro atoms. The third-order valence-corrected chi connectivity index (χ3v) is 4.65. The van der Waals surface area contributed by atoms with Gasteiger partial charge in [-0.2, -0.15) is 24.9 Å². The first-order valence-corrected chi connectivity index (χ1v) is 9.26. The topological polar surface area (TPSA) is 24.1 Å². The molecule has 2 aromatic rings. The highest BCUT2D eigenvalue weighted by atomic mass is 32.2. The molecule has 0 fully saturated rings. The summed E-state index contributed by atoms with van der Waals surface area (Å²) in [4.78, 5) is 0. The van der Waals surface area contributed by atoms with Gasteiger partial charge in [-0.25, -0.2) is 0 Å². The van der Waals surface area contributed by atoms with Crippen molar-refractivity contribution in [2.45, 2.75) is 18.9 Å². The molecule has 0 heterocycles. The highest BCUT2D eigenvalue weighted by Gasteiger charge is 2.30. The molecule has 7 heteroatoms. The van der Waals surface area contributed by atoms with Gasteiger partial charge in [0.1, 0.15) is 0 Å². The van der Waals surface area contributed by atoms with Gasteiger partial charge in [0.25, 0.3) is 0 Å². The molecule has 0 atom stereocenters. The second kappa shape index (κ2) is 9.10. The fraction of sp³-hybridized carbons (Fsp3) is 0.278. The molecule has 0 aromatic heterocycles. The first-order chi connectivity index (χ1) is 11.8. The predicted octanol–water partition coefficient (Wildman–Crippen LogP) is 5.23. The maximum absolute atomic E-state index is 12.7. The molecule has 0 unspecified atom stereocenters. The van der Waals surface area contributed by atoms with Crippen LogP contribution in [0.5, 0.6) is 0 Å². The molecule has 0 bridgehead atoms. The van der Waals surface area contributed by atoms with E-state index < -0.39 is 11.7 Å². The molecule has 2 aromatic carbocycles. The number of aryl methyl sites for hydroxylation is 1. The zero-order chi connectivity index (χ0) is 18.3. The van der Waals surface area contributed by atoms with Crippen molar-refractivity contribution in [3.05, 3.63) is 65.2 Å². The number of halogens is 3. The lowest BCUT2D eigenvalue weighted by Gasteiger charge is -2.12. The SMILES string of the molecule is Cc1ccc(CSCCNC(=S)Nc2cccc(C(F)(F)F)c2)cc1. The first-order valence-electron chi connectivity index (χ1n) is 7.70. The molecule has 0 saturated carbocycles. The van der Waals surface area contributed by atoms with E-state index in [1.807, 2.05) is 0 Å². The standard InChI is InChI=1S/C18H19F3N2S2/c1-13-5-7-14(8-6-13)12-25-10-9-22-17(24)23-16-4-2-3-15(11-16)18(19,20)21/h2-8,11H,9-10,12H2,1H3,(H2,22,23,24). The minimum absolute atomic E-state index is 0.315. The van der Waals surface area contributed by atoms with E-state index in [9.17, 15) is 13.2 Å². The van der Waals surface area contributed by atoms with Crippen LogP contribution in [0.15, 0.2) is 48.5 Å². The van der Waals surface area contributed by atoms with Crippen molar-refractivity contribution < 1.29 is 13.2 Å². The third kappa shape index (κ3) is 6.96. The van der Waals surface area contributed by atoms with E-state index in [0.717, 1.165) is 23.6 Å². The fourth-order valence-electron chi connectivity index (χ4n) is 2.06. The normalized spacial score (nSPS) is 11.2. The van der Waals surface area contributed by atoms with Gasteiger partial charge in [-0.05, 0) is 42.9 Å². The number of alkyl halides is 3. The van der Waals surface area contributed by atoms with Crippen molar-refractivity contribution in [1.82, 2.24) is 5.32 Å². The molecule has 0 amide bonds. The van der Waals surface area contributed by atoms with Gasteiger partial charge in [-0.15, -0.1) is 0 Å². The summed E-state index contributed by atoms with van der Waals surface area (Å²) in [7, 11) is 0. The number of hydrogen-bond acceptors (Lipinski definition) is 2. The van der Waals surface area contributed by atoms with Gasteiger partial charge in [0.15, 0.2) is 5.11 Å². The molecule has 134 valence electrons. The molecule has 2 N–H and O–H groups in total. The highest BCUT2D eigenvalue weighted by molar-refractivity contribution is 7.98. The smallest absolute Gasteiger partial charge is 0.362 e. The largest absolute Gasteiger partial charge is 0.416 e. The Labute approximate surface area is 155 Å². The Morgan fingerprint density at radius 2 is 1.84 bits per heavy atom. The quantitative estimate of drug-likeness (QED) is 0.526. The number of thiocarbonyl (C=S) groups is 1. The minimum Gasteiger partial charge on any atom is -0.362 e. The van der Waals surface area contributed by atoms with Crippen molar-refractivity contribution in [2.24, 2.45) is 0 Å². The van der Waals surface area contributed by atoms with E-state index in [1.54, 1.807) is 17.8 Å². The van der Waals surface area contributed by atoms with Gasteiger partial charge in [0, 0.05) is 23.7 Å². The summed E-state index contributed by atoms with van der Waals surface area (Å²) in [6, 6.07) is 13.4. The summed E-state index contributed by atoms with van der Waals surface area (Å²) in [6.07, 6.45) is -4.36. The van der Waals surface area contributed by atoms with Gasteiger partial charge in [0.05, 0.1) is 5.56 Å². The second-order valence-electron chi connectivity index (χ2n) is 5.50. The summed E-state index contributed by atoms with van der Waals surface area (Å²) >= 11 is 6.89. The van der Waals surface area contributed by atoms with Crippen molar-refractivity contribution >= 4 is 34.8 Å². The molecule has 2 nitrogen and oxygen atoms in total. The molecule has 0 saturated heterocycles.